The van der Waals surface area contributed by atoms with E-state index in [1.807, 2.05) is 6.92 Å². The molecular formula is C15H25N3O3. The van der Waals surface area contributed by atoms with Crippen LogP contribution in [0.5, 0.6) is 0 Å². The first-order valence-corrected chi connectivity index (χ1v) is 7.32. The maximum atomic E-state index is 12.0. The van der Waals surface area contributed by atoms with Gasteiger partial charge in [0.25, 0.3) is 5.91 Å². The number of carbonyl (C=O) groups excluding carboxylic acids is 1. The van der Waals surface area contributed by atoms with Crippen LogP contribution in [0.15, 0.2) is 18.3 Å². The molecule has 0 saturated carbocycles. The monoisotopic (exact) mass is 295 g/mol. The molecule has 0 spiro atoms. The highest BCUT2D eigenvalue weighted by Crippen LogP contribution is 2.06. The third kappa shape index (κ3) is 7.63. The molecular weight excluding hydrogens is 270 g/mol. The quantitative estimate of drug-likeness (QED) is 0.608. The normalized spacial score (nSPS) is 10.4. The lowest BCUT2D eigenvalue weighted by molar-refractivity contribution is 0.0686. The lowest BCUT2D eigenvalue weighted by Crippen LogP contribution is -2.24. The molecule has 1 heterocycles. The molecule has 6 heteroatoms. The molecule has 6 nitrogen and oxygen atoms in total. The minimum absolute atomic E-state index is 0.0724. The van der Waals surface area contributed by atoms with Crippen molar-refractivity contribution in [3.05, 3.63) is 23.9 Å². The number of rotatable bonds is 11. The van der Waals surface area contributed by atoms with Gasteiger partial charge in [0.1, 0.15) is 5.82 Å². The van der Waals surface area contributed by atoms with E-state index in [9.17, 15) is 4.79 Å². The topological polar surface area (TPSA) is 72.5 Å². The van der Waals surface area contributed by atoms with E-state index >= 15 is 0 Å². The molecule has 0 aliphatic heterocycles. The van der Waals surface area contributed by atoms with Gasteiger partial charge < -0.3 is 20.1 Å². The first kappa shape index (κ1) is 17.4. The summed E-state index contributed by atoms with van der Waals surface area (Å²) >= 11 is 0. The number of hydrogen-bond acceptors (Lipinski definition) is 5. The Hall–Kier alpha value is -1.66. The SMILES string of the molecule is CCNc1cc(C(=O)NCCCCOCCOC)ccn1. The van der Waals surface area contributed by atoms with E-state index in [0.29, 0.717) is 31.9 Å². The van der Waals surface area contributed by atoms with Gasteiger partial charge in [0.15, 0.2) is 0 Å². The van der Waals surface area contributed by atoms with Crippen LogP contribution in [-0.4, -0.2) is 50.9 Å². The Labute approximate surface area is 126 Å². The molecule has 0 atom stereocenters. The van der Waals surface area contributed by atoms with E-state index in [0.717, 1.165) is 25.2 Å². The van der Waals surface area contributed by atoms with Crippen molar-refractivity contribution in [2.45, 2.75) is 19.8 Å². The molecule has 21 heavy (non-hydrogen) atoms. The summed E-state index contributed by atoms with van der Waals surface area (Å²) < 4.78 is 10.2. The average Bonchev–Trinajstić information content (AvgIpc) is 2.50. The van der Waals surface area contributed by atoms with Gasteiger partial charge in [-0.25, -0.2) is 4.98 Å². The van der Waals surface area contributed by atoms with Crippen LogP contribution in [-0.2, 0) is 9.47 Å². The summed E-state index contributed by atoms with van der Waals surface area (Å²) in [6.07, 6.45) is 3.45. The molecule has 0 aliphatic carbocycles. The molecule has 1 rings (SSSR count). The number of amides is 1. The van der Waals surface area contributed by atoms with E-state index in [4.69, 9.17) is 9.47 Å². The number of pyridine rings is 1. The Balaban J connectivity index is 2.17. The Kier molecular flexibility index (Phi) is 9.15. The molecule has 0 saturated heterocycles. The summed E-state index contributed by atoms with van der Waals surface area (Å²) in [5.74, 6) is 0.647. The number of ether oxygens (including phenoxy) is 2. The predicted molar refractivity (Wildman–Crippen MR) is 82.7 cm³/mol. The number of nitrogens with one attached hydrogen (secondary N) is 2. The lowest BCUT2D eigenvalue weighted by atomic mass is 10.2. The molecule has 1 amide bonds. The summed E-state index contributed by atoms with van der Waals surface area (Å²) in [6.45, 7) is 5.34. The first-order chi connectivity index (χ1) is 10.3. The number of carbonyl (C=O) groups is 1. The lowest BCUT2D eigenvalue weighted by Gasteiger charge is -2.07. The summed E-state index contributed by atoms with van der Waals surface area (Å²) in [6, 6.07) is 3.47. The van der Waals surface area contributed by atoms with Crippen LogP contribution >= 0.6 is 0 Å². The van der Waals surface area contributed by atoms with Crippen LogP contribution < -0.4 is 10.6 Å². The second-order valence-electron chi connectivity index (χ2n) is 4.53. The van der Waals surface area contributed by atoms with Gasteiger partial charge in [-0.3, -0.25) is 4.79 Å². The van der Waals surface area contributed by atoms with Gasteiger partial charge in [0.05, 0.1) is 13.2 Å². The summed E-state index contributed by atoms with van der Waals surface area (Å²) in [4.78, 5) is 16.1. The Bertz CT molecular complexity index is 413. The van der Waals surface area contributed by atoms with Crippen LogP contribution in [0.3, 0.4) is 0 Å². The van der Waals surface area contributed by atoms with Crippen molar-refractivity contribution in [2.75, 3.05) is 45.3 Å². The Morgan fingerprint density at radius 2 is 2.14 bits per heavy atom. The molecule has 118 valence electrons. The highest BCUT2D eigenvalue weighted by molar-refractivity contribution is 5.94. The smallest absolute Gasteiger partial charge is 0.251 e. The van der Waals surface area contributed by atoms with E-state index < -0.39 is 0 Å². The van der Waals surface area contributed by atoms with Crippen molar-refractivity contribution in [1.29, 1.82) is 0 Å². The van der Waals surface area contributed by atoms with Crippen LogP contribution in [0.1, 0.15) is 30.1 Å². The third-order valence-electron chi connectivity index (χ3n) is 2.81. The van der Waals surface area contributed by atoms with Gasteiger partial charge in [-0.15, -0.1) is 0 Å². The maximum absolute atomic E-state index is 12.0. The molecule has 0 aromatic carbocycles. The van der Waals surface area contributed by atoms with E-state index in [1.54, 1.807) is 25.4 Å². The second-order valence-corrected chi connectivity index (χ2v) is 4.53. The minimum atomic E-state index is -0.0724. The standard InChI is InChI=1S/C15H25N3O3/c1-3-16-14-12-13(6-8-17-14)15(19)18-7-4-5-9-21-11-10-20-2/h6,8,12H,3-5,7,9-11H2,1-2H3,(H,16,17)(H,18,19). The zero-order valence-corrected chi connectivity index (χ0v) is 12.9. The summed E-state index contributed by atoms with van der Waals surface area (Å²) in [7, 11) is 1.65. The highest BCUT2D eigenvalue weighted by atomic mass is 16.5. The number of methoxy groups -OCH3 is 1. The minimum Gasteiger partial charge on any atom is -0.382 e. The van der Waals surface area contributed by atoms with Gasteiger partial charge in [0, 0.05) is 38.6 Å². The third-order valence-corrected chi connectivity index (χ3v) is 2.81. The Morgan fingerprint density at radius 3 is 2.90 bits per heavy atom. The van der Waals surface area contributed by atoms with Crippen molar-refractivity contribution in [3.8, 4) is 0 Å². The average molecular weight is 295 g/mol. The molecule has 2 N–H and O–H groups in total. The van der Waals surface area contributed by atoms with Gasteiger partial charge in [0.2, 0.25) is 0 Å². The first-order valence-electron chi connectivity index (χ1n) is 7.32. The summed E-state index contributed by atoms with van der Waals surface area (Å²) in [5, 5.41) is 5.98. The maximum Gasteiger partial charge on any atom is 0.251 e. The van der Waals surface area contributed by atoms with E-state index in [1.165, 1.54) is 0 Å². The van der Waals surface area contributed by atoms with Crippen LogP contribution in [0.25, 0.3) is 0 Å². The van der Waals surface area contributed by atoms with E-state index in [-0.39, 0.29) is 5.91 Å². The summed E-state index contributed by atoms with van der Waals surface area (Å²) in [5.41, 5.74) is 0.622. The zero-order valence-electron chi connectivity index (χ0n) is 12.9. The van der Waals surface area contributed by atoms with Gasteiger partial charge in [-0.2, -0.15) is 0 Å². The number of aromatic nitrogens is 1. The molecule has 0 unspecified atom stereocenters. The second kappa shape index (κ2) is 11.0. The van der Waals surface area contributed by atoms with E-state index in [2.05, 4.69) is 15.6 Å². The number of hydrogen-bond donors (Lipinski definition) is 2. The van der Waals surface area contributed by atoms with Crippen LogP contribution in [0.4, 0.5) is 5.82 Å². The van der Waals surface area contributed by atoms with Gasteiger partial charge in [-0.1, -0.05) is 0 Å². The molecule has 1 aromatic rings. The van der Waals surface area contributed by atoms with Crippen molar-refractivity contribution in [2.24, 2.45) is 0 Å². The molecule has 0 radical (unpaired) electrons. The number of nitrogens with zero attached hydrogens (tertiary/aromatic N) is 1. The highest BCUT2D eigenvalue weighted by Gasteiger charge is 2.05. The van der Waals surface area contributed by atoms with Gasteiger partial charge in [-0.05, 0) is 31.9 Å². The molecule has 0 fully saturated rings. The van der Waals surface area contributed by atoms with Crippen LogP contribution in [0.2, 0.25) is 0 Å². The number of anilines is 1. The predicted octanol–water partition coefficient (Wildman–Crippen LogP) is 1.69. The molecule has 0 aliphatic rings. The Morgan fingerprint density at radius 1 is 1.29 bits per heavy atom. The zero-order chi connectivity index (χ0) is 15.3. The van der Waals surface area contributed by atoms with Crippen molar-refractivity contribution >= 4 is 11.7 Å². The van der Waals surface area contributed by atoms with Crippen molar-refractivity contribution in [1.82, 2.24) is 10.3 Å². The molecule has 1 aromatic heterocycles. The fourth-order valence-electron chi connectivity index (χ4n) is 1.73. The largest absolute Gasteiger partial charge is 0.382 e. The molecule has 0 bridgehead atoms. The van der Waals surface area contributed by atoms with Crippen molar-refractivity contribution < 1.29 is 14.3 Å². The fraction of sp³-hybridized carbons (Fsp3) is 0.600. The number of unbranched alkanes of at least 4 members (excludes halogenated alkanes) is 1. The van der Waals surface area contributed by atoms with Gasteiger partial charge >= 0.3 is 0 Å². The van der Waals surface area contributed by atoms with Crippen LogP contribution in [0, 0.1) is 0 Å². The van der Waals surface area contributed by atoms with Crippen molar-refractivity contribution in [3.63, 3.8) is 0 Å². The fourth-order valence-corrected chi connectivity index (χ4v) is 1.73.